The standard InChI is InChI=1S/C16H20N4O3S/c1-22-12-6-4-11(5-7-12)9-14-19-20-16(24-14)18-15(21)17-10-13-3-2-8-23-13/h4-7,13H,2-3,8-10H2,1H3,(H2,17,18,20,21). The van der Waals surface area contributed by atoms with Gasteiger partial charge in [0.2, 0.25) is 5.13 Å². The van der Waals surface area contributed by atoms with Crippen LogP contribution in [0.5, 0.6) is 5.75 Å². The number of nitrogens with zero attached hydrogens (tertiary/aromatic N) is 2. The zero-order valence-corrected chi connectivity index (χ0v) is 14.3. The van der Waals surface area contributed by atoms with Crippen molar-refractivity contribution in [1.82, 2.24) is 15.5 Å². The summed E-state index contributed by atoms with van der Waals surface area (Å²) in [7, 11) is 1.64. The van der Waals surface area contributed by atoms with E-state index in [2.05, 4.69) is 20.8 Å². The summed E-state index contributed by atoms with van der Waals surface area (Å²) in [5.74, 6) is 0.821. The first-order valence-corrected chi connectivity index (χ1v) is 8.66. The van der Waals surface area contributed by atoms with Gasteiger partial charge in [-0.3, -0.25) is 5.32 Å². The second-order valence-electron chi connectivity index (χ2n) is 5.50. The van der Waals surface area contributed by atoms with Crippen LogP contribution in [0.4, 0.5) is 9.93 Å². The summed E-state index contributed by atoms with van der Waals surface area (Å²) < 4.78 is 10.6. The molecule has 1 aliphatic rings. The summed E-state index contributed by atoms with van der Waals surface area (Å²) in [6.07, 6.45) is 2.83. The Labute approximate surface area is 144 Å². The number of carbonyl (C=O) groups excluding carboxylic acids is 1. The lowest BCUT2D eigenvalue weighted by Gasteiger charge is -2.10. The summed E-state index contributed by atoms with van der Waals surface area (Å²) in [6, 6.07) is 7.52. The molecule has 2 amide bonds. The monoisotopic (exact) mass is 348 g/mol. The first-order chi connectivity index (χ1) is 11.7. The summed E-state index contributed by atoms with van der Waals surface area (Å²) in [5.41, 5.74) is 1.11. The fraction of sp³-hybridized carbons (Fsp3) is 0.438. The fourth-order valence-electron chi connectivity index (χ4n) is 2.45. The average molecular weight is 348 g/mol. The van der Waals surface area contributed by atoms with Gasteiger partial charge < -0.3 is 14.8 Å². The van der Waals surface area contributed by atoms with E-state index in [1.54, 1.807) is 7.11 Å². The first-order valence-electron chi connectivity index (χ1n) is 7.84. The minimum Gasteiger partial charge on any atom is -0.497 e. The van der Waals surface area contributed by atoms with E-state index >= 15 is 0 Å². The average Bonchev–Trinajstić information content (AvgIpc) is 3.26. The first kappa shape index (κ1) is 16.7. The van der Waals surface area contributed by atoms with Crippen LogP contribution in [0.15, 0.2) is 24.3 Å². The molecule has 1 atom stereocenters. The number of rotatable bonds is 6. The Hall–Kier alpha value is -2.19. The molecule has 24 heavy (non-hydrogen) atoms. The topological polar surface area (TPSA) is 85.4 Å². The molecule has 8 heteroatoms. The van der Waals surface area contributed by atoms with Crippen molar-refractivity contribution in [1.29, 1.82) is 0 Å². The van der Waals surface area contributed by atoms with Crippen molar-refractivity contribution in [3.8, 4) is 5.75 Å². The number of hydrogen-bond donors (Lipinski definition) is 2. The number of ether oxygens (including phenoxy) is 2. The molecule has 0 bridgehead atoms. The third-order valence-corrected chi connectivity index (χ3v) is 4.55. The third-order valence-electron chi connectivity index (χ3n) is 3.72. The molecule has 0 aliphatic carbocycles. The van der Waals surface area contributed by atoms with Crippen LogP contribution in [-0.4, -0.2) is 42.6 Å². The van der Waals surface area contributed by atoms with Gasteiger partial charge in [-0.05, 0) is 30.5 Å². The van der Waals surface area contributed by atoms with Gasteiger partial charge >= 0.3 is 6.03 Å². The van der Waals surface area contributed by atoms with Gasteiger partial charge in [-0.2, -0.15) is 0 Å². The van der Waals surface area contributed by atoms with Gasteiger partial charge in [0.05, 0.1) is 13.2 Å². The molecule has 3 rings (SSSR count). The van der Waals surface area contributed by atoms with Crippen LogP contribution >= 0.6 is 11.3 Å². The number of methoxy groups -OCH3 is 1. The highest BCUT2D eigenvalue weighted by molar-refractivity contribution is 7.15. The number of amides is 2. The highest BCUT2D eigenvalue weighted by Gasteiger charge is 2.16. The molecule has 2 aromatic rings. The van der Waals surface area contributed by atoms with E-state index in [1.807, 2.05) is 24.3 Å². The molecule has 1 aliphatic heterocycles. The molecule has 1 aromatic heterocycles. The van der Waals surface area contributed by atoms with Crippen molar-refractivity contribution in [2.75, 3.05) is 25.6 Å². The van der Waals surface area contributed by atoms with Crippen LogP contribution < -0.4 is 15.4 Å². The van der Waals surface area contributed by atoms with E-state index in [0.717, 1.165) is 35.8 Å². The molecule has 128 valence electrons. The van der Waals surface area contributed by atoms with E-state index in [9.17, 15) is 4.79 Å². The lowest BCUT2D eigenvalue weighted by molar-refractivity contribution is 0.112. The van der Waals surface area contributed by atoms with Crippen molar-refractivity contribution < 1.29 is 14.3 Å². The number of benzene rings is 1. The molecule has 2 heterocycles. The van der Waals surface area contributed by atoms with Gasteiger partial charge in [-0.25, -0.2) is 4.79 Å². The van der Waals surface area contributed by atoms with Crippen molar-refractivity contribution >= 4 is 22.5 Å². The Kier molecular flexibility index (Phi) is 5.60. The lowest BCUT2D eigenvalue weighted by atomic mass is 10.1. The van der Waals surface area contributed by atoms with Crippen LogP contribution in [0.2, 0.25) is 0 Å². The fourth-order valence-corrected chi connectivity index (χ4v) is 3.22. The molecule has 7 nitrogen and oxygen atoms in total. The predicted octanol–water partition coefficient (Wildman–Crippen LogP) is 2.44. The molecule has 1 aromatic carbocycles. The van der Waals surface area contributed by atoms with Gasteiger partial charge in [-0.15, -0.1) is 10.2 Å². The Balaban J connectivity index is 1.48. The van der Waals surface area contributed by atoms with Crippen molar-refractivity contribution in [3.05, 3.63) is 34.8 Å². The largest absolute Gasteiger partial charge is 0.497 e. The van der Waals surface area contributed by atoms with Gasteiger partial charge in [0.15, 0.2) is 0 Å². The Morgan fingerprint density at radius 3 is 2.92 bits per heavy atom. The van der Waals surface area contributed by atoms with Crippen LogP contribution in [-0.2, 0) is 11.2 Å². The van der Waals surface area contributed by atoms with E-state index < -0.39 is 0 Å². The second kappa shape index (κ2) is 8.07. The number of nitrogens with one attached hydrogen (secondary N) is 2. The summed E-state index contributed by atoms with van der Waals surface area (Å²) in [4.78, 5) is 11.9. The zero-order valence-electron chi connectivity index (χ0n) is 13.4. The SMILES string of the molecule is COc1ccc(Cc2nnc(NC(=O)NCC3CCCO3)s2)cc1. The maximum atomic E-state index is 11.9. The number of anilines is 1. The smallest absolute Gasteiger partial charge is 0.321 e. The van der Waals surface area contributed by atoms with E-state index in [4.69, 9.17) is 9.47 Å². The molecular formula is C16H20N4O3S. The van der Waals surface area contributed by atoms with Gasteiger partial charge in [0.25, 0.3) is 0 Å². The minimum atomic E-state index is -0.280. The number of hydrogen-bond acceptors (Lipinski definition) is 6. The van der Waals surface area contributed by atoms with Crippen molar-refractivity contribution in [3.63, 3.8) is 0 Å². The quantitative estimate of drug-likeness (QED) is 0.837. The van der Waals surface area contributed by atoms with Crippen LogP contribution in [0.3, 0.4) is 0 Å². The maximum Gasteiger partial charge on any atom is 0.321 e. The van der Waals surface area contributed by atoms with E-state index in [0.29, 0.717) is 18.1 Å². The third kappa shape index (κ3) is 4.65. The summed E-state index contributed by atoms with van der Waals surface area (Å²) in [6.45, 7) is 1.29. The highest BCUT2D eigenvalue weighted by Crippen LogP contribution is 2.20. The van der Waals surface area contributed by atoms with Gasteiger partial charge in [0.1, 0.15) is 10.8 Å². The number of urea groups is 1. The maximum absolute atomic E-state index is 11.9. The van der Waals surface area contributed by atoms with Gasteiger partial charge in [-0.1, -0.05) is 23.5 Å². The molecule has 2 N–H and O–H groups in total. The Morgan fingerprint density at radius 1 is 1.38 bits per heavy atom. The normalized spacial score (nSPS) is 16.8. The molecular weight excluding hydrogens is 328 g/mol. The van der Waals surface area contributed by atoms with Crippen LogP contribution in [0.1, 0.15) is 23.4 Å². The number of aromatic nitrogens is 2. The number of carbonyl (C=O) groups is 1. The molecule has 0 radical (unpaired) electrons. The second-order valence-corrected chi connectivity index (χ2v) is 6.56. The Morgan fingerprint density at radius 2 is 2.21 bits per heavy atom. The van der Waals surface area contributed by atoms with Crippen molar-refractivity contribution in [2.24, 2.45) is 0 Å². The summed E-state index contributed by atoms with van der Waals surface area (Å²) in [5, 5.41) is 15.0. The lowest BCUT2D eigenvalue weighted by Crippen LogP contribution is -2.34. The molecule has 0 spiro atoms. The summed E-state index contributed by atoms with van der Waals surface area (Å²) >= 11 is 1.37. The van der Waals surface area contributed by atoms with E-state index in [-0.39, 0.29) is 12.1 Å². The Bertz CT molecular complexity index is 668. The molecule has 0 saturated carbocycles. The molecule has 1 fully saturated rings. The zero-order chi connectivity index (χ0) is 16.8. The van der Waals surface area contributed by atoms with Crippen molar-refractivity contribution in [2.45, 2.75) is 25.4 Å². The van der Waals surface area contributed by atoms with Gasteiger partial charge in [0, 0.05) is 19.6 Å². The van der Waals surface area contributed by atoms with E-state index in [1.165, 1.54) is 11.3 Å². The van der Waals surface area contributed by atoms with Crippen LogP contribution in [0.25, 0.3) is 0 Å². The minimum absolute atomic E-state index is 0.121. The molecule has 1 saturated heterocycles. The van der Waals surface area contributed by atoms with Crippen LogP contribution in [0, 0.1) is 0 Å². The highest BCUT2D eigenvalue weighted by atomic mass is 32.1. The molecule has 1 unspecified atom stereocenters. The predicted molar refractivity (Wildman–Crippen MR) is 91.7 cm³/mol.